The fourth-order valence-electron chi connectivity index (χ4n) is 3.30. The Bertz CT molecular complexity index is 1440. The molecule has 0 aliphatic carbocycles. The lowest BCUT2D eigenvalue weighted by Crippen LogP contribution is -2.07. The minimum Gasteiger partial charge on any atom is -0.484 e. The van der Waals surface area contributed by atoms with Gasteiger partial charge in [0.15, 0.2) is 17.0 Å². The van der Waals surface area contributed by atoms with Gasteiger partial charge in [-0.2, -0.15) is 0 Å². The lowest BCUT2D eigenvalue weighted by atomic mass is 10.0. The molecule has 31 heavy (non-hydrogen) atoms. The molecule has 0 amide bonds. The van der Waals surface area contributed by atoms with Crippen molar-refractivity contribution >= 4 is 26.9 Å². The van der Waals surface area contributed by atoms with Gasteiger partial charge in [-0.15, -0.1) is 10.2 Å². The van der Waals surface area contributed by atoms with E-state index in [1.165, 1.54) is 0 Å². The average Bonchev–Trinajstić information content (AvgIpc) is 3.42. The first-order valence-corrected chi connectivity index (χ1v) is 10.2. The van der Waals surface area contributed by atoms with Crippen LogP contribution in [-0.2, 0) is 6.61 Å². The summed E-state index contributed by atoms with van der Waals surface area (Å²) in [5.74, 6) is 2.08. The fraction of sp³-hybridized carbons (Fsp3) is 0.0870. The number of halogens is 1. The Morgan fingerprint density at radius 2 is 1.81 bits per heavy atom. The van der Waals surface area contributed by atoms with Crippen LogP contribution >= 0.6 is 15.9 Å². The van der Waals surface area contributed by atoms with Crippen LogP contribution in [0.2, 0.25) is 0 Å². The third-order valence-electron chi connectivity index (χ3n) is 4.72. The zero-order valence-corrected chi connectivity index (χ0v) is 17.9. The number of hydrogen-bond donors (Lipinski definition) is 0. The number of benzene rings is 2. The molecule has 3 heterocycles. The summed E-state index contributed by atoms with van der Waals surface area (Å²) in [6.45, 7) is 1.84. The predicted molar refractivity (Wildman–Crippen MR) is 117 cm³/mol. The zero-order chi connectivity index (χ0) is 21.4. The lowest BCUT2D eigenvalue weighted by molar-refractivity contribution is 0.263. The van der Waals surface area contributed by atoms with Crippen LogP contribution in [-0.4, -0.2) is 10.2 Å². The van der Waals surface area contributed by atoms with Gasteiger partial charge in [0.25, 0.3) is 11.8 Å². The molecule has 0 saturated heterocycles. The molecule has 0 radical (unpaired) electrons. The minimum absolute atomic E-state index is 0.0612. The molecule has 0 spiro atoms. The summed E-state index contributed by atoms with van der Waals surface area (Å²) < 4.78 is 23.2. The van der Waals surface area contributed by atoms with Crippen molar-refractivity contribution in [3.63, 3.8) is 0 Å². The van der Waals surface area contributed by atoms with Crippen LogP contribution in [0.3, 0.4) is 0 Å². The second-order valence-electron chi connectivity index (χ2n) is 6.78. The van der Waals surface area contributed by atoms with Gasteiger partial charge in [0.1, 0.15) is 17.1 Å². The molecule has 2 aromatic carbocycles. The van der Waals surface area contributed by atoms with E-state index in [9.17, 15) is 4.79 Å². The number of aromatic nitrogens is 2. The van der Waals surface area contributed by atoms with Crippen molar-refractivity contribution in [1.82, 2.24) is 10.2 Å². The number of rotatable bonds is 5. The monoisotopic (exact) mass is 478 g/mol. The van der Waals surface area contributed by atoms with Crippen LogP contribution in [0.15, 0.2) is 83.4 Å². The molecular weight excluding hydrogens is 464 g/mol. The summed E-state index contributed by atoms with van der Waals surface area (Å²) in [7, 11) is 0. The SMILES string of the molecule is Cc1oc2cc(OCc3nnc(-c4ccc(Br)o4)o3)ccc2c(=O)c1-c1ccccc1. The Morgan fingerprint density at radius 3 is 2.58 bits per heavy atom. The molecule has 7 nitrogen and oxygen atoms in total. The van der Waals surface area contributed by atoms with Gasteiger partial charge in [-0.1, -0.05) is 30.3 Å². The molecule has 0 bridgehead atoms. The Balaban J connectivity index is 1.39. The standard InChI is InChI=1S/C23H15BrN2O5/c1-13-21(14-5-3-2-4-6-14)22(27)16-8-7-15(11-18(16)29-13)28-12-20-25-26-23(31-20)17-9-10-19(24)30-17/h2-11H,12H2,1H3. The van der Waals surface area contributed by atoms with E-state index in [-0.39, 0.29) is 17.9 Å². The van der Waals surface area contributed by atoms with Crippen LogP contribution in [0.5, 0.6) is 5.75 Å². The molecule has 154 valence electrons. The summed E-state index contributed by atoms with van der Waals surface area (Å²) in [5.41, 5.74) is 1.76. The topological polar surface area (TPSA) is 91.5 Å². The van der Waals surface area contributed by atoms with Gasteiger partial charge in [0, 0.05) is 6.07 Å². The van der Waals surface area contributed by atoms with E-state index in [0.29, 0.717) is 44.4 Å². The second kappa shape index (κ2) is 7.88. The van der Waals surface area contributed by atoms with E-state index in [0.717, 1.165) is 5.56 Å². The van der Waals surface area contributed by atoms with Crippen LogP contribution < -0.4 is 10.2 Å². The van der Waals surface area contributed by atoms with Crippen molar-refractivity contribution in [3.05, 3.63) is 87.2 Å². The summed E-state index contributed by atoms with van der Waals surface area (Å²) in [6, 6.07) is 18.0. The van der Waals surface area contributed by atoms with Gasteiger partial charge < -0.3 is 18.0 Å². The molecule has 5 rings (SSSR count). The normalized spacial score (nSPS) is 11.2. The van der Waals surface area contributed by atoms with E-state index in [1.807, 2.05) is 30.3 Å². The zero-order valence-electron chi connectivity index (χ0n) is 16.3. The molecule has 0 fully saturated rings. The second-order valence-corrected chi connectivity index (χ2v) is 7.56. The maximum absolute atomic E-state index is 13.0. The summed E-state index contributed by atoms with van der Waals surface area (Å²) in [6.07, 6.45) is 0. The van der Waals surface area contributed by atoms with E-state index >= 15 is 0 Å². The molecule has 0 saturated carbocycles. The number of fused-ring (bicyclic) bond motifs is 1. The highest BCUT2D eigenvalue weighted by molar-refractivity contribution is 9.10. The van der Waals surface area contributed by atoms with Crippen molar-refractivity contribution in [2.75, 3.05) is 0 Å². The van der Waals surface area contributed by atoms with Crippen molar-refractivity contribution < 1.29 is 18.0 Å². The Hall–Kier alpha value is -3.65. The average molecular weight is 479 g/mol. The van der Waals surface area contributed by atoms with Crippen LogP contribution in [0.4, 0.5) is 0 Å². The van der Waals surface area contributed by atoms with Gasteiger partial charge >= 0.3 is 0 Å². The first kappa shape index (κ1) is 19.3. The summed E-state index contributed by atoms with van der Waals surface area (Å²) >= 11 is 3.23. The van der Waals surface area contributed by atoms with Crippen molar-refractivity contribution in [1.29, 1.82) is 0 Å². The third-order valence-corrected chi connectivity index (χ3v) is 5.14. The highest BCUT2D eigenvalue weighted by Gasteiger charge is 2.15. The first-order valence-electron chi connectivity index (χ1n) is 9.42. The fourth-order valence-corrected chi connectivity index (χ4v) is 3.61. The van der Waals surface area contributed by atoms with E-state index < -0.39 is 0 Å². The van der Waals surface area contributed by atoms with Crippen LogP contribution in [0, 0.1) is 6.92 Å². The molecule has 0 N–H and O–H groups in total. The van der Waals surface area contributed by atoms with E-state index in [2.05, 4.69) is 26.1 Å². The Kier molecular flexibility index (Phi) is 4.91. The minimum atomic E-state index is -0.0809. The van der Waals surface area contributed by atoms with E-state index in [1.54, 1.807) is 37.3 Å². The summed E-state index contributed by atoms with van der Waals surface area (Å²) in [5, 5.41) is 8.40. The first-order chi connectivity index (χ1) is 15.1. The number of ether oxygens (including phenoxy) is 1. The largest absolute Gasteiger partial charge is 0.484 e. The van der Waals surface area contributed by atoms with Gasteiger partial charge in [0.05, 0.1) is 10.9 Å². The Labute approximate surface area is 184 Å². The maximum atomic E-state index is 13.0. The molecule has 0 aliphatic heterocycles. The smallest absolute Gasteiger partial charge is 0.283 e. The molecule has 8 heteroatoms. The predicted octanol–water partition coefficient (Wildman–Crippen LogP) is 5.75. The van der Waals surface area contributed by atoms with Gasteiger partial charge in [-0.3, -0.25) is 4.79 Å². The van der Waals surface area contributed by atoms with Gasteiger partial charge in [-0.25, -0.2) is 0 Å². The molecule has 0 aliphatic rings. The van der Waals surface area contributed by atoms with Crippen molar-refractivity contribution in [2.24, 2.45) is 0 Å². The molecular formula is C23H15BrN2O5. The van der Waals surface area contributed by atoms with Crippen LogP contribution in [0.1, 0.15) is 11.7 Å². The number of furan rings is 1. The molecule has 3 aromatic heterocycles. The molecule has 0 unspecified atom stereocenters. The Morgan fingerprint density at radius 1 is 0.968 bits per heavy atom. The highest BCUT2D eigenvalue weighted by atomic mass is 79.9. The number of aryl methyl sites for hydroxylation is 1. The summed E-state index contributed by atoms with van der Waals surface area (Å²) in [4.78, 5) is 13.0. The highest BCUT2D eigenvalue weighted by Crippen LogP contribution is 2.27. The number of hydrogen-bond acceptors (Lipinski definition) is 7. The van der Waals surface area contributed by atoms with Gasteiger partial charge in [0.2, 0.25) is 5.43 Å². The van der Waals surface area contributed by atoms with Crippen molar-refractivity contribution in [3.8, 4) is 28.5 Å². The van der Waals surface area contributed by atoms with Crippen LogP contribution in [0.25, 0.3) is 33.7 Å². The number of nitrogens with zero attached hydrogens (tertiary/aromatic N) is 2. The quantitative estimate of drug-likeness (QED) is 0.317. The lowest BCUT2D eigenvalue weighted by Gasteiger charge is -2.08. The van der Waals surface area contributed by atoms with Gasteiger partial charge in [-0.05, 0) is 52.7 Å². The van der Waals surface area contributed by atoms with E-state index in [4.69, 9.17) is 18.0 Å². The van der Waals surface area contributed by atoms with Crippen molar-refractivity contribution in [2.45, 2.75) is 13.5 Å². The molecule has 5 aromatic rings. The maximum Gasteiger partial charge on any atom is 0.283 e. The third kappa shape index (κ3) is 3.77. The molecule has 0 atom stereocenters.